The Labute approximate surface area is 168 Å². The molecule has 6 rings (SSSR count). The van der Waals surface area contributed by atoms with Gasteiger partial charge in [-0.3, -0.25) is 4.79 Å². The Morgan fingerprint density at radius 1 is 0.893 bits per heavy atom. The second-order valence-electron chi connectivity index (χ2n) is 9.83. The molecule has 0 aliphatic heterocycles. The van der Waals surface area contributed by atoms with Crippen molar-refractivity contribution in [3.63, 3.8) is 0 Å². The van der Waals surface area contributed by atoms with Crippen molar-refractivity contribution in [1.29, 1.82) is 0 Å². The number of carbonyl (C=O) groups excluding carboxylic acids is 1. The van der Waals surface area contributed by atoms with E-state index in [4.69, 9.17) is 4.74 Å². The summed E-state index contributed by atoms with van der Waals surface area (Å²) in [6.07, 6.45) is 2.44. The Bertz CT molecular complexity index is 811. The van der Waals surface area contributed by atoms with Gasteiger partial charge in [0.1, 0.15) is 6.10 Å². The van der Waals surface area contributed by atoms with Gasteiger partial charge in [0.2, 0.25) is 0 Å². The maximum absolute atomic E-state index is 13.2. The smallest absolute Gasteiger partial charge is 0.310 e. The molecule has 4 fully saturated rings. The van der Waals surface area contributed by atoms with Crippen molar-refractivity contribution in [3.8, 4) is 0 Å². The standard InChI is InChI=1S/C26H30O2/c1-16-20-14-19(26(20,2)3)15-21(16)28-25(27)24-22(17-10-6-4-7-11-17)23(24)18-12-8-5-9-13-18/h4-13,16,19-24H,14-15H2,1-3H3/t16-,19+,20-,21-,22-,23+,24?/m0/s1. The number of fused-ring (bicyclic) bond motifs is 2. The van der Waals surface area contributed by atoms with E-state index in [-0.39, 0.29) is 29.8 Å². The zero-order valence-electron chi connectivity index (χ0n) is 17.0. The van der Waals surface area contributed by atoms with E-state index in [2.05, 4.69) is 69.3 Å². The molecule has 2 nitrogen and oxygen atoms in total. The van der Waals surface area contributed by atoms with E-state index in [1.807, 2.05) is 12.1 Å². The lowest BCUT2D eigenvalue weighted by atomic mass is 9.45. The zero-order valence-corrected chi connectivity index (χ0v) is 17.0. The van der Waals surface area contributed by atoms with E-state index in [1.54, 1.807) is 0 Å². The second-order valence-corrected chi connectivity index (χ2v) is 9.83. The van der Waals surface area contributed by atoms with Crippen molar-refractivity contribution in [1.82, 2.24) is 0 Å². The van der Waals surface area contributed by atoms with Crippen molar-refractivity contribution < 1.29 is 9.53 Å². The number of esters is 1. The van der Waals surface area contributed by atoms with Gasteiger partial charge in [0.05, 0.1) is 5.92 Å². The lowest BCUT2D eigenvalue weighted by molar-refractivity contribution is -0.187. The molecule has 146 valence electrons. The molecule has 2 aromatic rings. The van der Waals surface area contributed by atoms with Gasteiger partial charge in [0.15, 0.2) is 0 Å². The molecule has 0 spiro atoms. The molecule has 4 aliphatic carbocycles. The summed E-state index contributed by atoms with van der Waals surface area (Å²) in [5, 5.41) is 0. The van der Waals surface area contributed by atoms with Crippen LogP contribution in [0.15, 0.2) is 60.7 Å². The lowest BCUT2D eigenvalue weighted by Gasteiger charge is -2.61. The molecule has 1 unspecified atom stereocenters. The van der Waals surface area contributed by atoms with Gasteiger partial charge in [-0.1, -0.05) is 81.4 Å². The third kappa shape index (κ3) is 2.72. The number of carbonyl (C=O) groups is 1. The highest BCUT2D eigenvalue weighted by atomic mass is 16.5. The summed E-state index contributed by atoms with van der Waals surface area (Å²) in [5.74, 6) is 2.30. The lowest BCUT2D eigenvalue weighted by Crippen LogP contribution is -2.57. The molecular formula is C26H30O2. The van der Waals surface area contributed by atoms with Gasteiger partial charge < -0.3 is 4.74 Å². The number of rotatable bonds is 4. The van der Waals surface area contributed by atoms with Crippen LogP contribution < -0.4 is 0 Å². The third-order valence-electron chi connectivity index (χ3n) is 8.21. The fraction of sp³-hybridized carbons (Fsp3) is 0.500. The molecule has 0 amide bonds. The molecule has 2 aromatic carbocycles. The molecule has 0 radical (unpaired) electrons. The molecule has 0 heterocycles. The van der Waals surface area contributed by atoms with Gasteiger partial charge >= 0.3 is 5.97 Å². The van der Waals surface area contributed by atoms with Crippen LogP contribution in [0.5, 0.6) is 0 Å². The second kappa shape index (κ2) is 6.47. The van der Waals surface area contributed by atoms with Crippen LogP contribution in [0.2, 0.25) is 0 Å². The van der Waals surface area contributed by atoms with E-state index in [1.165, 1.54) is 17.5 Å². The van der Waals surface area contributed by atoms with Crippen molar-refractivity contribution in [2.75, 3.05) is 0 Å². The highest BCUT2D eigenvalue weighted by Crippen LogP contribution is 2.63. The van der Waals surface area contributed by atoms with E-state index in [0.717, 1.165) is 6.42 Å². The maximum Gasteiger partial charge on any atom is 0.310 e. The summed E-state index contributed by atoms with van der Waals surface area (Å²) in [6.45, 7) is 7.06. The van der Waals surface area contributed by atoms with Crippen LogP contribution in [0.4, 0.5) is 0 Å². The molecule has 4 aliphatic rings. The fourth-order valence-corrected chi connectivity index (χ4v) is 6.27. The largest absolute Gasteiger partial charge is 0.462 e. The average molecular weight is 375 g/mol. The molecule has 0 aromatic heterocycles. The number of ether oxygens (including phenoxy) is 1. The number of benzene rings is 2. The van der Waals surface area contributed by atoms with Gasteiger partial charge in [-0.05, 0) is 47.1 Å². The van der Waals surface area contributed by atoms with Crippen molar-refractivity contribution in [3.05, 3.63) is 71.8 Å². The van der Waals surface area contributed by atoms with Crippen LogP contribution in [-0.4, -0.2) is 12.1 Å². The Hall–Kier alpha value is -2.09. The summed E-state index contributed by atoms with van der Waals surface area (Å²) in [7, 11) is 0. The van der Waals surface area contributed by atoms with E-state index < -0.39 is 0 Å². The predicted molar refractivity (Wildman–Crippen MR) is 111 cm³/mol. The Morgan fingerprint density at radius 2 is 1.43 bits per heavy atom. The van der Waals surface area contributed by atoms with Gasteiger partial charge in [0, 0.05) is 11.8 Å². The Balaban J connectivity index is 1.35. The van der Waals surface area contributed by atoms with Crippen molar-refractivity contribution >= 4 is 5.97 Å². The first-order valence-electron chi connectivity index (χ1n) is 10.8. The number of hydrogen-bond donors (Lipinski definition) is 0. The summed E-state index contributed by atoms with van der Waals surface area (Å²) in [5.41, 5.74) is 2.92. The van der Waals surface area contributed by atoms with Crippen LogP contribution in [-0.2, 0) is 9.53 Å². The molecule has 7 atom stereocenters. The van der Waals surface area contributed by atoms with Crippen LogP contribution in [0.3, 0.4) is 0 Å². The summed E-state index contributed by atoms with van der Waals surface area (Å²) in [6, 6.07) is 20.9. The normalized spacial score (nSPS) is 37.6. The van der Waals surface area contributed by atoms with Crippen LogP contribution in [0.1, 0.15) is 56.6 Å². The summed E-state index contributed by atoms with van der Waals surface area (Å²) >= 11 is 0. The maximum atomic E-state index is 13.2. The molecule has 28 heavy (non-hydrogen) atoms. The fourth-order valence-electron chi connectivity index (χ4n) is 6.27. The topological polar surface area (TPSA) is 26.3 Å². The molecule has 0 N–H and O–H groups in total. The zero-order chi connectivity index (χ0) is 19.5. The van der Waals surface area contributed by atoms with Gasteiger partial charge in [-0.15, -0.1) is 0 Å². The predicted octanol–water partition coefficient (Wildman–Crippen LogP) is 5.80. The Kier molecular flexibility index (Phi) is 4.15. The highest BCUT2D eigenvalue weighted by molar-refractivity contribution is 5.80. The van der Waals surface area contributed by atoms with Crippen molar-refractivity contribution in [2.45, 2.75) is 51.6 Å². The monoisotopic (exact) mass is 374 g/mol. The van der Waals surface area contributed by atoms with E-state index in [0.29, 0.717) is 23.2 Å². The first-order valence-corrected chi connectivity index (χ1v) is 10.8. The average Bonchev–Trinajstić information content (AvgIpc) is 3.46. The number of hydrogen-bond acceptors (Lipinski definition) is 2. The summed E-state index contributed by atoms with van der Waals surface area (Å²) in [4.78, 5) is 13.2. The van der Waals surface area contributed by atoms with Crippen LogP contribution in [0.25, 0.3) is 0 Å². The third-order valence-corrected chi connectivity index (χ3v) is 8.21. The quantitative estimate of drug-likeness (QED) is 0.632. The van der Waals surface area contributed by atoms with Crippen molar-refractivity contribution in [2.24, 2.45) is 29.1 Å². The van der Waals surface area contributed by atoms with E-state index in [9.17, 15) is 4.79 Å². The SMILES string of the molecule is C[C@@H]1[C@@H](OC(=O)C2[C@@H](c3ccccc3)[C@H]2c2ccccc2)C[C@H]2C[C@@H]1C2(C)C. The molecule has 2 heteroatoms. The van der Waals surface area contributed by atoms with Crippen LogP contribution in [0, 0.1) is 29.1 Å². The van der Waals surface area contributed by atoms with Gasteiger partial charge in [0.25, 0.3) is 0 Å². The summed E-state index contributed by atoms with van der Waals surface area (Å²) < 4.78 is 6.19. The molecule has 4 saturated carbocycles. The van der Waals surface area contributed by atoms with E-state index >= 15 is 0 Å². The first kappa shape index (κ1) is 18.0. The minimum Gasteiger partial charge on any atom is -0.462 e. The minimum absolute atomic E-state index is 0.0127. The Morgan fingerprint density at radius 3 is 1.89 bits per heavy atom. The van der Waals surface area contributed by atoms with Crippen LogP contribution >= 0.6 is 0 Å². The molecular weight excluding hydrogens is 344 g/mol. The van der Waals surface area contributed by atoms with Gasteiger partial charge in [-0.25, -0.2) is 0 Å². The van der Waals surface area contributed by atoms with Gasteiger partial charge in [-0.2, -0.15) is 0 Å². The molecule has 2 bridgehead atoms. The highest BCUT2D eigenvalue weighted by Gasteiger charge is 2.60. The molecule has 0 saturated heterocycles. The minimum atomic E-state index is -0.0525. The first-order chi connectivity index (χ1) is 13.5.